The molecule has 0 radical (unpaired) electrons. The third-order valence-corrected chi connectivity index (χ3v) is 2.28. The van der Waals surface area contributed by atoms with Gasteiger partial charge < -0.3 is 14.9 Å². The summed E-state index contributed by atoms with van der Waals surface area (Å²) in [5.41, 5.74) is 6.89. The minimum absolute atomic E-state index is 0.396. The SMILES string of the molecule is COc1ccc(C(N)c2nnc(C)o2)cc1. The lowest BCUT2D eigenvalue weighted by molar-refractivity contribution is 0.414. The molecule has 5 heteroatoms. The van der Waals surface area contributed by atoms with Crippen molar-refractivity contribution in [3.63, 3.8) is 0 Å². The van der Waals surface area contributed by atoms with Gasteiger partial charge in [0.05, 0.1) is 7.11 Å². The Morgan fingerprint density at radius 3 is 2.44 bits per heavy atom. The Kier molecular flexibility index (Phi) is 2.87. The molecule has 0 bridgehead atoms. The van der Waals surface area contributed by atoms with E-state index in [-0.39, 0.29) is 0 Å². The van der Waals surface area contributed by atoms with Gasteiger partial charge in [-0.25, -0.2) is 0 Å². The Labute approximate surface area is 93.2 Å². The maximum absolute atomic E-state index is 5.98. The highest BCUT2D eigenvalue weighted by atomic mass is 16.5. The molecule has 0 spiro atoms. The molecule has 84 valence electrons. The van der Waals surface area contributed by atoms with Gasteiger partial charge in [0, 0.05) is 6.92 Å². The van der Waals surface area contributed by atoms with E-state index in [1.807, 2.05) is 24.3 Å². The van der Waals surface area contributed by atoms with Crippen molar-refractivity contribution in [2.24, 2.45) is 5.73 Å². The lowest BCUT2D eigenvalue weighted by Gasteiger charge is -2.07. The average molecular weight is 219 g/mol. The molecule has 1 atom stereocenters. The van der Waals surface area contributed by atoms with Crippen LogP contribution in [0.3, 0.4) is 0 Å². The molecule has 1 aromatic carbocycles. The predicted octanol–water partition coefficient (Wildman–Crippen LogP) is 1.43. The van der Waals surface area contributed by atoms with Crippen LogP contribution in [-0.4, -0.2) is 17.3 Å². The van der Waals surface area contributed by atoms with E-state index in [2.05, 4.69) is 10.2 Å². The van der Waals surface area contributed by atoms with Gasteiger partial charge in [-0.3, -0.25) is 0 Å². The van der Waals surface area contributed by atoms with Gasteiger partial charge in [0.25, 0.3) is 0 Å². The lowest BCUT2D eigenvalue weighted by Crippen LogP contribution is -2.12. The fourth-order valence-corrected chi connectivity index (χ4v) is 1.39. The van der Waals surface area contributed by atoms with Crippen molar-refractivity contribution < 1.29 is 9.15 Å². The first-order valence-corrected chi connectivity index (χ1v) is 4.90. The number of hydrogen-bond donors (Lipinski definition) is 1. The molecule has 1 unspecified atom stereocenters. The van der Waals surface area contributed by atoms with Crippen molar-refractivity contribution in [1.29, 1.82) is 0 Å². The zero-order valence-electron chi connectivity index (χ0n) is 9.18. The molecule has 0 fully saturated rings. The maximum atomic E-state index is 5.98. The molecule has 0 aliphatic carbocycles. The van der Waals surface area contributed by atoms with Crippen molar-refractivity contribution in [1.82, 2.24) is 10.2 Å². The predicted molar refractivity (Wildman–Crippen MR) is 58.1 cm³/mol. The molecule has 0 saturated heterocycles. The first kappa shape index (κ1) is 10.6. The third kappa shape index (κ3) is 2.04. The Morgan fingerprint density at radius 1 is 1.25 bits per heavy atom. The highest BCUT2D eigenvalue weighted by Gasteiger charge is 2.15. The second-order valence-corrected chi connectivity index (χ2v) is 3.41. The van der Waals surface area contributed by atoms with Gasteiger partial charge in [-0.05, 0) is 17.7 Å². The van der Waals surface area contributed by atoms with Crippen LogP contribution in [0.25, 0.3) is 0 Å². The number of nitrogens with zero attached hydrogens (tertiary/aromatic N) is 2. The van der Waals surface area contributed by atoms with Gasteiger partial charge in [0.15, 0.2) is 0 Å². The summed E-state index contributed by atoms with van der Waals surface area (Å²) in [5, 5.41) is 7.64. The summed E-state index contributed by atoms with van der Waals surface area (Å²) < 4.78 is 10.3. The van der Waals surface area contributed by atoms with Gasteiger partial charge in [-0.2, -0.15) is 0 Å². The first-order valence-electron chi connectivity index (χ1n) is 4.90. The Balaban J connectivity index is 2.23. The Bertz CT molecular complexity index is 464. The number of ether oxygens (including phenoxy) is 1. The summed E-state index contributed by atoms with van der Waals surface area (Å²) in [6, 6.07) is 7.05. The quantitative estimate of drug-likeness (QED) is 0.845. The normalized spacial score (nSPS) is 12.4. The molecule has 0 aliphatic rings. The van der Waals surface area contributed by atoms with Crippen LogP contribution in [0.1, 0.15) is 23.4 Å². The average Bonchev–Trinajstić information content (AvgIpc) is 2.75. The van der Waals surface area contributed by atoms with Crippen molar-refractivity contribution >= 4 is 0 Å². The number of methoxy groups -OCH3 is 1. The van der Waals surface area contributed by atoms with E-state index in [9.17, 15) is 0 Å². The standard InChI is InChI=1S/C11H13N3O2/c1-7-13-14-11(16-7)10(12)8-3-5-9(15-2)6-4-8/h3-6,10H,12H2,1-2H3. The molecule has 16 heavy (non-hydrogen) atoms. The number of nitrogens with two attached hydrogens (primary N) is 1. The number of hydrogen-bond acceptors (Lipinski definition) is 5. The highest BCUT2D eigenvalue weighted by molar-refractivity contribution is 5.30. The summed E-state index contributed by atoms with van der Waals surface area (Å²) in [5.74, 6) is 1.72. The topological polar surface area (TPSA) is 74.2 Å². The fraction of sp³-hybridized carbons (Fsp3) is 0.273. The van der Waals surface area contributed by atoms with Crippen molar-refractivity contribution in [3.8, 4) is 5.75 Å². The number of aryl methyl sites for hydroxylation is 1. The fourth-order valence-electron chi connectivity index (χ4n) is 1.39. The zero-order valence-corrected chi connectivity index (χ0v) is 9.18. The van der Waals surface area contributed by atoms with Crippen LogP contribution in [0.15, 0.2) is 28.7 Å². The zero-order chi connectivity index (χ0) is 11.5. The van der Waals surface area contributed by atoms with Crippen LogP contribution in [0.4, 0.5) is 0 Å². The monoisotopic (exact) mass is 219 g/mol. The van der Waals surface area contributed by atoms with E-state index in [4.69, 9.17) is 14.9 Å². The lowest BCUT2D eigenvalue weighted by atomic mass is 10.1. The number of benzene rings is 1. The van der Waals surface area contributed by atoms with Crippen molar-refractivity contribution in [2.75, 3.05) is 7.11 Å². The minimum Gasteiger partial charge on any atom is -0.497 e. The van der Waals surface area contributed by atoms with Crippen LogP contribution in [0.5, 0.6) is 5.75 Å². The molecule has 5 nitrogen and oxygen atoms in total. The molecular formula is C11H13N3O2. The van der Waals surface area contributed by atoms with E-state index in [1.165, 1.54) is 0 Å². The molecule has 1 aromatic heterocycles. The highest BCUT2D eigenvalue weighted by Crippen LogP contribution is 2.20. The molecule has 2 rings (SSSR count). The van der Waals surface area contributed by atoms with E-state index >= 15 is 0 Å². The summed E-state index contributed by atoms with van der Waals surface area (Å²) in [6.07, 6.45) is 0. The van der Waals surface area contributed by atoms with Gasteiger partial charge in [-0.15, -0.1) is 10.2 Å². The van der Waals surface area contributed by atoms with Crippen LogP contribution in [-0.2, 0) is 0 Å². The third-order valence-electron chi connectivity index (χ3n) is 2.28. The molecule has 2 aromatic rings. The minimum atomic E-state index is -0.396. The van der Waals surface area contributed by atoms with E-state index in [0.717, 1.165) is 11.3 Å². The van der Waals surface area contributed by atoms with Gasteiger partial charge in [-0.1, -0.05) is 12.1 Å². The number of rotatable bonds is 3. The Hall–Kier alpha value is -1.88. The van der Waals surface area contributed by atoms with Crippen LogP contribution in [0, 0.1) is 6.92 Å². The largest absolute Gasteiger partial charge is 0.497 e. The maximum Gasteiger partial charge on any atom is 0.237 e. The van der Waals surface area contributed by atoms with Crippen molar-refractivity contribution in [3.05, 3.63) is 41.6 Å². The number of aromatic nitrogens is 2. The summed E-state index contributed by atoms with van der Waals surface area (Å²) in [6.45, 7) is 1.73. The molecule has 2 N–H and O–H groups in total. The molecule has 1 heterocycles. The molecule has 0 amide bonds. The van der Waals surface area contributed by atoms with Gasteiger partial charge in [0.2, 0.25) is 11.8 Å². The van der Waals surface area contributed by atoms with E-state index < -0.39 is 6.04 Å². The summed E-state index contributed by atoms with van der Waals surface area (Å²) in [4.78, 5) is 0. The van der Waals surface area contributed by atoms with Crippen molar-refractivity contribution in [2.45, 2.75) is 13.0 Å². The second-order valence-electron chi connectivity index (χ2n) is 3.41. The molecule has 0 saturated carbocycles. The van der Waals surface area contributed by atoms with Crippen LogP contribution >= 0.6 is 0 Å². The van der Waals surface area contributed by atoms with E-state index in [0.29, 0.717) is 11.8 Å². The first-order chi connectivity index (χ1) is 7.70. The summed E-state index contributed by atoms with van der Waals surface area (Å²) in [7, 11) is 1.62. The Morgan fingerprint density at radius 2 is 1.94 bits per heavy atom. The van der Waals surface area contributed by atoms with Gasteiger partial charge in [0.1, 0.15) is 11.8 Å². The second kappa shape index (κ2) is 4.32. The molecule has 0 aliphatic heterocycles. The van der Waals surface area contributed by atoms with E-state index in [1.54, 1.807) is 14.0 Å². The molecular weight excluding hydrogens is 206 g/mol. The van der Waals surface area contributed by atoms with Crippen LogP contribution < -0.4 is 10.5 Å². The summed E-state index contributed by atoms with van der Waals surface area (Å²) >= 11 is 0. The van der Waals surface area contributed by atoms with Crippen LogP contribution in [0.2, 0.25) is 0 Å². The van der Waals surface area contributed by atoms with Gasteiger partial charge >= 0.3 is 0 Å². The smallest absolute Gasteiger partial charge is 0.237 e.